The number of nitrogens with one attached hydrogen (secondary N) is 2. The highest BCUT2D eigenvalue weighted by atomic mass is 16.5. The first-order chi connectivity index (χ1) is 10.1. The van der Waals surface area contributed by atoms with Gasteiger partial charge in [-0.15, -0.1) is 0 Å². The summed E-state index contributed by atoms with van der Waals surface area (Å²) < 4.78 is 5.65. The standard InChI is InChI=1S/C17H26N2O2/c1-4-21-16-9-12(2)5-6-15(16)11-19-17(20)14-7-8-18-13(3)10-14/h5-6,9,13-14,18H,4,7-8,10-11H2,1-3H3,(H,19,20)/t13-,14-/m0/s1. The average molecular weight is 290 g/mol. The molecule has 0 saturated carbocycles. The fourth-order valence-corrected chi connectivity index (χ4v) is 2.79. The number of carbonyl (C=O) groups is 1. The maximum Gasteiger partial charge on any atom is 0.223 e. The monoisotopic (exact) mass is 290 g/mol. The van der Waals surface area contributed by atoms with Crippen molar-refractivity contribution in [1.82, 2.24) is 10.6 Å². The molecule has 0 bridgehead atoms. The van der Waals surface area contributed by atoms with Crippen molar-refractivity contribution in [2.24, 2.45) is 5.92 Å². The molecule has 1 aromatic rings. The molecule has 1 heterocycles. The maximum atomic E-state index is 12.3. The Bertz CT molecular complexity index is 488. The second kappa shape index (κ2) is 7.46. The topological polar surface area (TPSA) is 50.4 Å². The Kier molecular flexibility index (Phi) is 5.62. The second-order valence-electron chi connectivity index (χ2n) is 5.84. The minimum absolute atomic E-state index is 0.127. The van der Waals surface area contributed by atoms with Gasteiger partial charge in [-0.25, -0.2) is 0 Å². The van der Waals surface area contributed by atoms with Crippen LogP contribution in [0.5, 0.6) is 5.75 Å². The van der Waals surface area contributed by atoms with Crippen molar-refractivity contribution in [2.45, 2.75) is 46.2 Å². The predicted molar refractivity (Wildman–Crippen MR) is 84.4 cm³/mol. The van der Waals surface area contributed by atoms with Crippen molar-refractivity contribution in [3.63, 3.8) is 0 Å². The first kappa shape index (κ1) is 15.8. The van der Waals surface area contributed by atoms with E-state index in [1.54, 1.807) is 0 Å². The SMILES string of the molecule is CCOc1cc(C)ccc1CNC(=O)[C@H]1CCN[C@@H](C)C1. The third-order valence-electron chi connectivity index (χ3n) is 3.97. The van der Waals surface area contributed by atoms with Gasteiger partial charge in [-0.3, -0.25) is 4.79 Å². The van der Waals surface area contributed by atoms with Crippen LogP contribution >= 0.6 is 0 Å². The summed E-state index contributed by atoms with van der Waals surface area (Å²) in [5.74, 6) is 1.16. The number of aryl methyl sites for hydroxylation is 1. The van der Waals surface area contributed by atoms with Crippen LogP contribution in [0.2, 0.25) is 0 Å². The third kappa shape index (κ3) is 4.46. The lowest BCUT2D eigenvalue weighted by Gasteiger charge is -2.27. The van der Waals surface area contributed by atoms with Crippen LogP contribution in [-0.4, -0.2) is 25.1 Å². The summed E-state index contributed by atoms with van der Waals surface area (Å²) in [6.07, 6.45) is 1.83. The van der Waals surface area contributed by atoms with E-state index in [-0.39, 0.29) is 11.8 Å². The molecule has 1 amide bonds. The molecule has 116 valence electrons. The zero-order chi connectivity index (χ0) is 15.2. The highest BCUT2D eigenvalue weighted by Gasteiger charge is 2.24. The molecule has 1 fully saturated rings. The summed E-state index contributed by atoms with van der Waals surface area (Å²) in [6, 6.07) is 6.53. The van der Waals surface area contributed by atoms with Crippen LogP contribution in [0.25, 0.3) is 0 Å². The lowest BCUT2D eigenvalue weighted by molar-refractivity contribution is -0.126. The Morgan fingerprint density at radius 1 is 1.48 bits per heavy atom. The molecule has 0 spiro atoms. The van der Waals surface area contributed by atoms with Gasteiger partial charge in [0.25, 0.3) is 0 Å². The number of piperidine rings is 1. The molecule has 21 heavy (non-hydrogen) atoms. The number of amides is 1. The van der Waals surface area contributed by atoms with Crippen LogP contribution in [-0.2, 0) is 11.3 Å². The Balaban J connectivity index is 1.94. The number of hydrogen-bond donors (Lipinski definition) is 2. The van der Waals surface area contributed by atoms with E-state index in [1.807, 2.05) is 26.0 Å². The molecule has 1 aromatic carbocycles. The van der Waals surface area contributed by atoms with E-state index < -0.39 is 0 Å². The fraction of sp³-hybridized carbons (Fsp3) is 0.588. The summed E-state index contributed by atoms with van der Waals surface area (Å²) in [5.41, 5.74) is 2.21. The molecule has 0 radical (unpaired) electrons. The van der Waals surface area contributed by atoms with Crippen LogP contribution < -0.4 is 15.4 Å². The number of benzene rings is 1. The predicted octanol–water partition coefficient (Wildman–Crippen LogP) is 2.40. The number of carbonyl (C=O) groups excluding carboxylic acids is 1. The number of ether oxygens (including phenoxy) is 1. The molecule has 2 N–H and O–H groups in total. The van der Waals surface area contributed by atoms with Gasteiger partial charge in [0.2, 0.25) is 5.91 Å². The van der Waals surface area contributed by atoms with E-state index in [2.05, 4.69) is 23.6 Å². The van der Waals surface area contributed by atoms with Gasteiger partial charge in [-0.2, -0.15) is 0 Å². The molecule has 1 aliphatic heterocycles. The van der Waals surface area contributed by atoms with E-state index in [4.69, 9.17) is 4.74 Å². The van der Waals surface area contributed by atoms with Crippen LogP contribution in [0.1, 0.15) is 37.8 Å². The molecule has 0 aromatic heterocycles. The van der Waals surface area contributed by atoms with E-state index in [9.17, 15) is 4.79 Å². The van der Waals surface area contributed by atoms with Crippen molar-refractivity contribution in [3.05, 3.63) is 29.3 Å². The van der Waals surface area contributed by atoms with Crippen molar-refractivity contribution in [2.75, 3.05) is 13.2 Å². The van der Waals surface area contributed by atoms with Crippen LogP contribution in [0.15, 0.2) is 18.2 Å². The summed E-state index contributed by atoms with van der Waals surface area (Å²) in [5, 5.41) is 6.43. The first-order valence-corrected chi connectivity index (χ1v) is 7.83. The zero-order valence-electron chi connectivity index (χ0n) is 13.2. The van der Waals surface area contributed by atoms with Crippen molar-refractivity contribution in [3.8, 4) is 5.75 Å². The minimum Gasteiger partial charge on any atom is -0.494 e. The quantitative estimate of drug-likeness (QED) is 0.875. The van der Waals surface area contributed by atoms with Gasteiger partial charge >= 0.3 is 0 Å². The van der Waals surface area contributed by atoms with Crippen LogP contribution in [0.3, 0.4) is 0 Å². The van der Waals surface area contributed by atoms with Crippen molar-refractivity contribution in [1.29, 1.82) is 0 Å². The van der Waals surface area contributed by atoms with Gasteiger partial charge in [0.15, 0.2) is 0 Å². The molecule has 1 saturated heterocycles. The normalized spacial score (nSPS) is 21.9. The number of hydrogen-bond acceptors (Lipinski definition) is 3. The molecule has 4 nitrogen and oxygen atoms in total. The van der Waals surface area contributed by atoms with Gasteiger partial charge in [0.05, 0.1) is 6.61 Å². The smallest absolute Gasteiger partial charge is 0.223 e. The largest absolute Gasteiger partial charge is 0.494 e. The molecule has 2 atom stereocenters. The summed E-state index contributed by atoms with van der Waals surface area (Å²) in [4.78, 5) is 12.3. The summed E-state index contributed by atoms with van der Waals surface area (Å²) in [7, 11) is 0. The molecular weight excluding hydrogens is 264 g/mol. The summed E-state index contributed by atoms with van der Waals surface area (Å²) in [6.45, 7) is 8.24. The average Bonchev–Trinajstić information content (AvgIpc) is 2.46. The lowest BCUT2D eigenvalue weighted by Crippen LogP contribution is -2.42. The highest BCUT2D eigenvalue weighted by molar-refractivity contribution is 5.78. The van der Waals surface area contributed by atoms with Gasteiger partial charge < -0.3 is 15.4 Å². The van der Waals surface area contributed by atoms with Crippen molar-refractivity contribution < 1.29 is 9.53 Å². The molecular formula is C17H26N2O2. The Morgan fingerprint density at radius 2 is 2.29 bits per heavy atom. The molecule has 2 rings (SSSR count). The maximum absolute atomic E-state index is 12.3. The van der Waals surface area contributed by atoms with Crippen LogP contribution in [0.4, 0.5) is 0 Å². The summed E-state index contributed by atoms with van der Waals surface area (Å²) >= 11 is 0. The fourth-order valence-electron chi connectivity index (χ4n) is 2.79. The van der Waals surface area contributed by atoms with E-state index in [1.165, 1.54) is 5.56 Å². The lowest BCUT2D eigenvalue weighted by atomic mass is 9.92. The Hall–Kier alpha value is -1.55. The van der Waals surface area contributed by atoms with Crippen LogP contribution in [0, 0.1) is 12.8 Å². The van der Waals surface area contributed by atoms with Gasteiger partial charge in [-0.05, 0) is 51.8 Å². The van der Waals surface area contributed by atoms with Gasteiger partial charge in [-0.1, -0.05) is 12.1 Å². The van der Waals surface area contributed by atoms with E-state index >= 15 is 0 Å². The van der Waals surface area contributed by atoms with E-state index in [0.29, 0.717) is 19.2 Å². The Morgan fingerprint density at radius 3 is 3.00 bits per heavy atom. The highest BCUT2D eigenvalue weighted by Crippen LogP contribution is 2.21. The molecule has 0 unspecified atom stereocenters. The minimum atomic E-state index is 0.127. The number of rotatable bonds is 5. The molecule has 0 aliphatic carbocycles. The molecule has 4 heteroatoms. The second-order valence-corrected chi connectivity index (χ2v) is 5.84. The van der Waals surface area contributed by atoms with Gasteiger partial charge in [0, 0.05) is 24.1 Å². The molecule has 1 aliphatic rings. The zero-order valence-corrected chi connectivity index (χ0v) is 13.2. The van der Waals surface area contributed by atoms with Crippen molar-refractivity contribution >= 4 is 5.91 Å². The van der Waals surface area contributed by atoms with Gasteiger partial charge in [0.1, 0.15) is 5.75 Å². The van der Waals surface area contributed by atoms with E-state index in [0.717, 1.165) is 30.7 Å². The first-order valence-electron chi connectivity index (χ1n) is 7.83. The third-order valence-corrected chi connectivity index (χ3v) is 3.97. The Labute approximate surface area is 127 Å².